The summed E-state index contributed by atoms with van der Waals surface area (Å²) in [6.45, 7) is 5.52. The zero-order valence-corrected chi connectivity index (χ0v) is 20.4. The number of thioether (sulfide) groups is 1. The Kier molecular flexibility index (Phi) is 5.97. The van der Waals surface area contributed by atoms with Crippen molar-refractivity contribution in [1.29, 1.82) is 0 Å². The molecule has 4 aliphatic rings. The summed E-state index contributed by atoms with van der Waals surface area (Å²) in [5, 5.41) is 23.2. The zero-order chi connectivity index (χ0) is 24.3. The van der Waals surface area contributed by atoms with Crippen LogP contribution in [0.1, 0.15) is 32.7 Å². The zero-order valence-electron chi connectivity index (χ0n) is 19.6. The number of nitrogens with one attached hydrogen (secondary N) is 1. The number of carbonyl (C=O) groups is 3. The number of likely N-dealkylation sites (tertiary alicyclic amines) is 1. The number of hydrogen-bond donors (Lipinski definition) is 3. The highest BCUT2D eigenvalue weighted by Gasteiger charge is 2.60. The summed E-state index contributed by atoms with van der Waals surface area (Å²) in [5.74, 6) is -2.07. The molecule has 34 heavy (non-hydrogen) atoms. The Morgan fingerprint density at radius 3 is 2.76 bits per heavy atom. The van der Waals surface area contributed by atoms with Gasteiger partial charge in [0.1, 0.15) is 24.1 Å². The van der Waals surface area contributed by atoms with E-state index in [0.717, 1.165) is 13.0 Å². The number of carbonyl (C=O) groups excluding carboxylic acids is 2. The Hall–Kier alpha value is -2.37. The van der Waals surface area contributed by atoms with Gasteiger partial charge < -0.3 is 25.3 Å². The fourth-order valence-corrected chi connectivity index (χ4v) is 7.41. The summed E-state index contributed by atoms with van der Waals surface area (Å²) in [7, 11) is 1.98. The molecule has 1 aromatic rings. The standard InChI is InChI=1S/C23H31N5O5S/c1-12-18-17(13(2)29)22(31)28(18)19(23(32)33)20(12)34-15-8-16(24-9-15)21(30)26-5-4-14(10-26)27-7-6-25(3)11-27/h6-7,11-18,24,29H,4-5,8-10H2,1-3H3/p+1/t12-,13-,14+,15+,16+,17-,18-/m1/s1. The smallest absolute Gasteiger partial charge is 0.353 e. The first-order chi connectivity index (χ1) is 16.2. The average molecular weight is 491 g/mol. The van der Waals surface area contributed by atoms with Crippen molar-refractivity contribution in [1.82, 2.24) is 19.7 Å². The van der Waals surface area contributed by atoms with E-state index in [1.165, 1.54) is 16.7 Å². The molecule has 0 bridgehead atoms. The van der Waals surface area contributed by atoms with Gasteiger partial charge in [0.25, 0.3) is 0 Å². The minimum Gasteiger partial charge on any atom is -0.477 e. The SMILES string of the molecule is C[C@@H](O)[C@H]1C(=O)N2C(C(=O)O)=C(S[C@@H]3CN[C@H](C(=O)N4CC[C@H](n5cc[n+](C)c5)C4)C3)[C@H](C)[C@H]12. The maximum Gasteiger partial charge on any atom is 0.353 e. The molecule has 184 valence electrons. The molecule has 0 saturated carbocycles. The van der Waals surface area contributed by atoms with Crippen molar-refractivity contribution in [3.63, 3.8) is 0 Å². The molecule has 2 amide bonds. The Labute approximate surface area is 202 Å². The van der Waals surface area contributed by atoms with E-state index in [1.54, 1.807) is 6.92 Å². The fraction of sp³-hybridized carbons (Fsp3) is 0.652. The van der Waals surface area contributed by atoms with Gasteiger partial charge in [-0.3, -0.25) is 9.59 Å². The second kappa shape index (κ2) is 8.69. The van der Waals surface area contributed by atoms with E-state index in [4.69, 9.17) is 0 Å². The number of aromatic nitrogens is 2. The minimum absolute atomic E-state index is 0.0430. The van der Waals surface area contributed by atoms with E-state index in [-0.39, 0.29) is 46.8 Å². The summed E-state index contributed by atoms with van der Waals surface area (Å²) < 4.78 is 4.15. The number of aryl methyl sites for hydroxylation is 1. The van der Waals surface area contributed by atoms with Crippen molar-refractivity contribution >= 4 is 29.5 Å². The highest BCUT2D eigenvalue weighted by molar-refractivity contribution is 8.03. The molecule has 3 fully saturated rings. The molecular weight excluding hydrogens is 458 g/mol. The summed E-state index contributed by atoms with van der Waals surface area (Å²) in [4.78, 5) is 41.7. The summed E-state index contributed by atoms with van der Waals surface area (Å²) in [6.07, 6.45) is 6.79. The highest BCUT2D eigenvalue weighted by atomic mass is 32.2. The topological polar surface area (TPSA) is 119 Å². The van der Waals surface area contributed by atoms with Crippen LogP contribution in [0.4, 0.5) is 0 Å². The number of amides is 2. The molecule has 0 radical (unpaired) electrons. The van der Waals surface area contributed by atoms with Crippen LogP contribution in [0, 0.1) is 11.8 Å². The number of nitrogens with zero attached hydrogens (tertiary/aromatic N) is 4. The number of hydrogen-bond acceptors (Lipinski definition) is 6. The maximum absolute atomic E-state index is 13.2. The summed E-state index contributed by atoms with van der Waals surface area (Å²) >= 11 is 1.47. The predicted molar refractivity (Wildman–Crippen MR) is 123 cm³/mol. The van der Waals surface area contributed by atoms with E-state index < -0.39 is 18.0 Å². The molecule has 10 nitrogen and oxygen atoms in total. The number of fused-ring (bicyclic) bond motifs is 1. The van der Waals surface area contributed by atoms with Gasteiger partial charge in [-0.1, -0.05) is 6.92 Å². The monoisotopic (exact) mass is 490 g/mol. The van der Waals surface area contributed by atoms with E-state index >= 15 is 0 Å². The van der Waals surface area contributed by atoms with Crippen molar-refractivity contribution in [3.8, 4) is 0 Å². The number of carboxylic acid groups (broad SMARTS) is 1. The number of aliphatic hydroxyl groups excluding tert-OH is 1. The first-order valence-electron chi connectivity index (χ1n) is 11.9. The van der Waals surface area contributed by atoms with Crippen molar-refractivity contribution < 1.29 is 29.2 Å². The molecule has 0 unspecified atom stereocenters. The van der Waals surface area contributed by atoms with Gasteiger partial charge in [-0.25, -0.2) is 13.9 Å². The molecule has 3 N–H and O–H groups in total. The molecule has 5 heterocycles. The number of β-lactam (4-membered cyclic amide) rings is 1. The normalized spacial score (nSPS) is 33.9. The van der Waals surface area contributed by atoms with Crippen LogP contribution in [0.2, 0.25) is 0 Å². The van der Waals surface area contributed by atoms with Crippen LogP contribution in [-0.4, -0.2) is 85.4 Å². The number of aliphatic hydroxyl groups is 1. The summed E-state index contributed by atoms with van der Waals surface area (Å²) in [6, 6.07) is -0.320. The number of carboxylic acids is 1. The van der Waals surface area contributed by atoms with Gasteiger partial charge in [0.2, 0.25) is 18.1 Å². The molecule has 7 atom stereocenters. The third-order valence-electron chi connectivity index (χ3n) is 7.68. The Bertz CT molecular complexity index is 1050. The quantitative estimate of drug-likeness (QED) is 0.370. The third-order valence-corrected chi connectivity index (χ3v) is 9.19. The molecular formula is C23H32N5O5S+. The van der Waals surface area contributed by atoms with E-state index in [2.05, 4.69) is 9.88 Å². The van der Waals surface area contributed by atoms with Crippen LogP contribution in [0.25, 0.3) is 0 Å². The van der Waals surface area contributed by atoms with Crippen LogP contribution in [0.15, 0.2) is 29.3 Å². The fourth-order valence-electron chi connectivity index (χ4n) is 5.93. The van der Waals surface area contributed by atoms with Gasteiger partial charge in [-0.15, -0.1) is 11.8 Å². The molecule has 0 aliphatic carbocycles. The first kappa shape index (κ1) is 23.4. The van der Waals surface area contributed by atoms with E-state index in [0.29, 0.717) is 24.4 Å². The number of rotatable bonds is 6. The van der Waals surface area contributed by atoms with Crippen molar-refractivity contribution in [2.24, 2.45) is 18.9 Å². The number of aliphatic carboxylic acids is 1. The molecule has 11 heteroatoms. The second-order valence-corrected chi connectivity index (χ2v) is 11.3. The molecule has 1 aromatic heterocycles. The third kappa shape index (κ3) is 3.74. The van der Waals surface area contributed by atoms with Gasteiger partial charge in [0, 0.05) is 35.6 Å². The maximum atomic E-state index is 13.2. The predicted octanol–water partition coefficient (Wildman–Crippen LogP) is -0.297. The van der Waals surface area contributed by atoms with Gasteiger partial charge in [-0.2, -0.15) is 0 Å². The molecule has 0 spiro atoms. The minimum atomic E-state index is -1.12. The van der Waals surface area contributed by atoms with Gasteiger partial charge in [-0.05, 0) is 13.3 Å². The lowest BCUT2D eigenvalue weighted by molar-refractivity contribution is -0.671. The highest BCUT2D eigenvalue weighted by Crippen LogP contribution is 2.51. The van der Waals surface area contributed by atoms with Crippen molar-refractivity contribution in [2.75, 3.05) is 19.6 Å². The lowest BCUT2D eigenvalue weighted by Gasteiger charge is -2.46. The Balaban J connectivity index is 1.23. The van der Waals surface area contributed by atoms with Gasteiger partial charge >= 0.3 is 5.97 Å². The molecule has 0 aromatic carbocycles. The number of imidazole rings is 1. The van der Waals surface area contributed by atoms with Gasteiger partial charge in [0.15, 0.2) is 0 Å². The lowest BCUT2D eigenvalue weighted by atomic mass is 9.79. The van der Waals surface area contributed by atoms with Crippen molar-refractivity contribution in [2.45, 2.75) is 56.2 Å². The first-order valence-corrected chi connectivity index (χ1v) is 12.8. The van der Waals surface area contributed by atoms with E-state index in [9.17, 15) is 24.6 Å². The molecule has 4 aliphatic heterocycles. The van der Waals surface area contributed by atoms with Crippen molar-refractivity contribution in [3.05, 3.63) is 29.3 Å². The van der Waals surface area contributed by atoms with Crippen LogP contribution >= 0.6 is 11.8 Å². The lowest BCUT2D eigenvalue weighted by Crippen LogP contribution is -2.63. The Morgan fingerprint density at radius 2 is 2.12 bits per heavy atom. The molecule has 3 saturated heterocycles. The average Bonchev–Trinajstić information content (AvgIpc) is 3.55. The Morgan fingerprint density at radius 1 is 1.35 bits per heavy atom. The van der Waals surface area contributed by atoms with E-state index in [1.807, 2.05) is 42.2 Å². The van der Waals surface area contributed by atoms with Crippen LogP contribution in [-0.2, 0) is 21.4 Å². The van der Waals surface area contributed by atoms with Crippen LogP contribution in [0.5, 0.6) is 0 Å². The summed E-state index contributed by atoms with van der Waals surface area (Å²) in [5.41, 5.74) is 0.0430. The largest absolute Gasteiger partial charge is 0.477 e. The molecule has 5 rings (SSSR count). The van der Waals surface area contributed by atoms with Gasteiger partial charge in [0.05, 0.1) is 37.7 Å². The van der Waals surface area contributed by atoms with Crippen LogP contribution < -0.4 is 9.88 Å². The second-order valence-electron chi connectivity index (χ2n) is 9.96. The van der Waals surface area contributed by atoms with Crippen LogP contribution in [0.3, 0.4) is 0 Å².